The first-order valence-electron chi connectivity index (χ1n) is 5.36. The van der Waals surface area contributed by atoms with E-state index in [-0.39, 0.29) is 21.2 Å². The zero-order chi connectivity index (χ0) is 12.1. The normalized spacial score (nSPS) is 11.2. The van der Waals surface area contributed by atoms with Crippen molar-refractivity contribution >= 4 is 11.4 Å². The second-order valence-corrected chi connectivity index (χ2v) is 6.03. The fourth-order valence-electron chi connectivity index (χ4n) is 1.36. The van der Waals surface area contributed by atoms with Crippen LogP contribution in [0.15, 0.2) is 58.8 Å². The number of aryl methyl sites for hydroxylation is 1. The fraction of sp³-hybridized carbons (Fsp3) is 0.143. The molecule has 0 aliphatic rings. The van der Waals surface area contributed by atoms with Gasteiger partial charge in [-0.25, -0.2) is 0 Å². The van der Waals surface area contributed by atoms with Gasteiger partial charge in [-0.3, -0.25) is 0 Å². The van der Waals surface area contributed by atoms with E-state index in [0.29, 0.717) is 0 Å². The second-order valence-electron chi connectivity index (χ2n) is 3.70. The number of halogens is 1. The molecule has 0 saturated carbocycles. The van der Waals surface area contributed by atoms with Gasteiger partial charge in [0.25, 0.3) is 0 Å². The molecular formula is C14H14IN2-. The van der Waals surface area contributed by atoms with Gasteiger partial charge in [0.15, 0.2) is 0 Å². The van der Waals surface area contributed by atoms with Crippen molar-refractivity contribution < 1.29 is 21.2 Å². The summed E-state index contributed by atoms with van der Waals surface area (Å²) >= 11 is 0.166. The Morgan fingerprint density at radius 1 is 0.765 bits per heavy atom. The molecule has 0 aromatic heterocycles. The number of benzene rings is 2. The van der Waals surface area contributed by atoms with Gasteiger partial charge >= 0.3 is 112 Å². The third-order valence-corrected chi connectivity index (χ3v) is 4.32. The summed E-state index contributed by atoms with van der Waals surface area (Å²) in [5, 5.41) is 8.43. The Morgan fingerprint density at radius 2 is 1.24 bits per heavy atom. The number of azo groups is 1. The third-order valence-electron chi connectivity index (χ3n) is 2.36. The van der Waals surface area contributed by atoms with Crippen molar-refractivity contribution in [1.29, 1.82) is 0 Å². The van der Waals surface area contributed by atoms with Crippen LogP contribution < -0.4 is 21.2 Å². The Balaban J connectivity index is 2.11. The van der Waals surface area contributed by atoms with E-state index in [1.807, 2.05) is 36.4 Å². The monoisotopic (exact) mass is 337 g/mol. The molecule has 0 unspecified atom stereocenters. The Hall–Kier alpha value is -1.23. The summed E-state index contributed by atoms with van der Waals surface area (Å²) in [6.07, 6.45) is 0. The predicted octanol–water partition coefficient (Wildman–Crippen LogP) is 1.30. The summed E-state index contributed by atoms with van der Waals surface area (Å²) in [5.74, 6) is 0. The molecule has 0 atom stereocenters. The quantitative estimate of drug-likeness (QED) is 0.458. The molecule has 0 saturated heterocycles. The summed E-state index contributed by atoms with van der Waals surface area (Å²) in [7, 11) is 0. The van der Waals surface area contributed by atoms with Crippen LogP contribution >= 0.6 is 0 Å². The predicted molar refractivity (Wildman–Crippen MR) is 66.4 cm³/mol. The zero-order valence-corrected chi connectivity index (χ0v) is 12.0. The standard InChI is InChI=1S/C14H14IN2/c1-11-3-7-13(8-4-11)16-17-14-9-5-12(15-2)6-10-14/h3-10H,1-2H3/q-1. The maximum atomic E-state index is 4.22. The Labute approximate surface area is 112 Å². The van der Waals surface area contributed by atoms with E-state index in [1.165, 1.54) is 9.13 Å². The number of nitrogens with zero attached hydrogens (tertiary/aromatic N) is 2. The first kappa shape index (κ1) is 12.2. The zero-order valence-electron chi connectivity index (χ0n) is 9.89. The molecule has 2 aromatic carbocycles. The minimum absolute atomic E-state index is 0.166. The van der Waals surface area contributed by atoms with E-state index in [0.717, 1.165) is 11.4 Å². The molecule has 0 radical (unpaired) electrons. The average molecular weight is 337 g/mol. The molecule has 0 amide bonds. The fourth-order valence-corrected chi connectivity index (χ4v) is 2.44. The molecule has 2 aromatic rings. The molecule has 2 rings (SSSR count). The van der Waals surface area contributed by atoms with Crippen LogP contribution in [0, 0.1) is 10.5 Å². The molecule has 0 spiro atoms. The van der Waals surface area contributed by atoms with Gasteiger partial charge in [0, 0.05) is 0 Å². The molecule has 3 heteroatoms. The Morgan fingerprint density at radius 3 is 1.71 bits per heavy atom. The van der Waals surface area contributed by atoms with Gasteiger partial charge in [-0.2, -0.15) is 0 Å². The van der Waals surface area contributed by atoms with Crippen LogP contribution in [-0.4, -0.2) is 4.93 Å². The summed E-state index contributed by atoms with van der Waals surface area (Å²) in [5.41, 5.74) is 3.04. The van der Waals surface area contributed by atoms with Crippen LogP contribution in [-0.2, 0) is 0 Å². The van der Waals surface area contributed by atoms with Gasteiger partial charge in [-0.1, -0.05) is 0 Å². The molecule has 0 N–H and O–H groups in total. The molecule has 0 heterocycles. The second kappa shape index (κ2) is 5.91. The average Bonchev–Trinajstić information content (AvgIpc) is 2.39. The molecule has 0 fully saturated rings. The van der Waals surface area contributed by atoms with Crippen LogP contribution in [0.5, 0.6) is 0 Å². The van der Waals surface area contributed by atoms with Crippen molar-refractivity contribution in [2.75, 3.05) is 4.93 Å². The van der Waals surface area contributed by atoms with Crippen molar-refractivity contribution in [3.8, 4) is 0 Å². The van der Waals surface area contributed by atoms with Gasteiger partial charge in [-0.05, 0) is 0 Å². The van der Waals surface area contributed by atoms with E-state index in [4.69, 9.17) is 0 Å². The third kappa shape index (κ3) is 3.63. The van der Waals surface area contributed by atoms with Crippen LogP contribution in [0.4, 0.5) is 11.4 Å². The van der Waals surface area contributed by atoms with Crippen molar-refractivity contribution in [1.82, 2.24) is 0 Å². The van der Waals surface area contributed by atoms with E-state index < -0.39 is 0 Å². The molecule has 0 aliphatic carbocycles. The van der Waals surface area contributed by atoms with Gasteiger partial charge in [0.2, 0.25) is 0 Å². The number of rotatable bonds is 3. The van der Waals surface area contributed by atoms with Crippen LogP contribution in [0.1, 0.15) is 5.56 Å². The maximum absolute atomic E-state index is 4.22. The Bertz CT molecular complexity index is 501. The molecule has 88 valence electrons. The molecule has 17 heavy (non-hydrogen) atoms. The number of alkyl halides is 1. The van der Waals surface area contributed by atoms with Crippen LogP contribution in [0.3, 0.4) is 0 Å². The Kier molecular flexibility index (Phi) is 4.25. The molecule has 0 bridgehead atoms. The minimum atomic E-state index is 0.166. The van der Waals surface area contributed by atoms with Crippen molar-refractivity contribution in [3.63, 3.8) is 0 Å². The number of hydrogen-bond acceptors (Lipinski definition) is 2. The molecule has 0 aliphatic heterocycles. The van der Waals surface area contributed by atoms with Crippen LogP contribution in [0.25, 0.3) is 0 Å². The molecule has 2 nitrogen and oxygen atoms in total. The van der Waals surface area contributed by atoms with Crippen molar-refractivity contribution in [2.45, 2.75) is 6.92 Å². The van der Waals surface area contributed by atoms with Gasteiger partial charge in [0.05, 0.1) is 0 Å². The van der Waals surface area contributed by atoms with Crippen molar-refractivity contribution in [3.05, 3.63) is 57.7 Å². The molecular weight excluding hydrogens is 323 g/mol. The first-order chi connectivity index (χ1) is 8.28. The summed E-state index contributed by atoms with van der Waals surface area (Å²) in [6.45, 7) is 2.06. The number of hydrogen-bond donors (Lipinski definition) is 0. The van der Waals surface area contributed by atoms with E-state index in [1.54, 1.807) is 0 Å². The van der Waals surface area contributed by atoms with E-state index in [9.17, 15) is 0 Å². The van der Waals surface area contributed by atoms with Gasteiger partial charge < -0.3 is 0 Å². The van der Waals surface area contributed by atoms with Crippen molar-refractivity contribution in [2.24, 2.45) is 10.2 Å². The summed E-state index contributed by atoms with van der Waals surface area (Å²) < 4.78 is 1.43. The SMILES string of the molecule is C[I-]c1ccc(N=Nc2ccc(C)cc2)cc1. The van der Waals surface area contributed by atoms with Gasteiger partial charge in [0.1, 0.15) is 0 Å². The van der Waals surface area contributed by atoms with E-state index >= 15 is 0 Å². The summed E-state index contributed by atoms with van der Waals surface area (Å²) in [4.78, 5) is 2.25. The van der Waals surface area contributed by atoms with Crippen LogP contribution in [0.2, 0.25) is 0 Å². The topological polar surface area (TPSA) is 24.7 Å². The summed E-state index contributed by atoms with van der Waals surface area (Å²) in [6, 6.07) is 16.4. The first-order valence-corrected chi connectivity index (χ1v) is 8.59. The van der Waals surface area contributed by atoms with Gasteiger partial charge in [-0.15, -0.1) is 0 Å². The van der Waals surface area contributed by atoms with E-state index in [2.05, 4.69) is 34.2 Å².